The molecule has 1 aromatic rings. The van der Waals surface area contributed by atoms with Crippen LogP contribution in [0.3, 0.4) is 0 Å². The Morgan fingerprint density at radius 2 is 2.25 bits per heavy atom. The Balaban J connectivity index is 2.02. The molecule has 0 spiro atoms. The number of β-amino-alcohol motifs (C(OH)–C–C–N with tert-alkyl or cyclic N) is 1. The van der Waals surface area contributed by atoms with Crippen molar-refractivity contribution in [3.05, 3.63) is 24.0 Å². The van der Waals surface area contributed by atoms with Crippen LogP contribution in [0.2, 0.25) is 0 Å². The van der Waals surface area contributed by atoms with Gasteiger partial charge in [0.15, 0.2) is 0 Å². The first kappa shape index (κ1) is 14.6. The fraction of sp³-hybridized carbons (Fsp3) is 0.500. The quantitative estimate of drug-likeness (QED) is 0.873. The van der Waals surface area contributed by atoms with Crippen molar-refractivity contribution in [1.29, 1.82) is 0 Å². The highest BCUT2D eigenvalue weighted by molar-refractivity contribution is 5.89. The number of piperidine rings is 1. The van der Waals surface area contributed by atoms with Gasteiger partial charge in [0.2, 0.25) is 0 Å². The number of likely N-dealkylation sites (tertiary alicyclic amines) is 1. The number of nitrogens with one attached hydrogen (secondary N) is 1. The highest BCUT2D eigenvalue weighted by Gasteiger charge is 2.27. The summed E-state index contributed by atoms with van der Waals surface area (Å²) in [6, 6.07) is 3.67. The number of benzene rings is 1. The van der Waals surface area contributed by atoms with Crippen LogP contribution in [-0.2, 0) is 0 Å². The van der Waals surface area contributed by atoms with Crippen LogP contribution in [0.15, 0.2) is 18.2 Å². The smallest absolute Gasteiger partial charge is 0.321 e. The van der Waals surface area contributed by atoms with Gasteiger partial charge in [0, 0.05) is 30.9 Å². The highest BCUT2D eigenvalue weighted by atomic mass is 19.1. The minimum Gasteiger partial charge on any atom is -0.497 e. The van der Waals surface area contributed by atoms with Crippen molar-refractivity contribution in [2.75, 3.05) is 25.5 Å². The molecule has 2 amide bonds. The van der Waals surface area contributed by atoms with Gasteiger partial charge in [-0.3, -0.25) is 0 Å². The minimum absolute atomic E-state index is 0.188. The number of urea groups is 1. The van der Waals surface area contributed by atoms with Crippen LogP contribution in [0.4, 0.5) is 14.9 Å². The third-order valence-corrected chi connectivity index (χ3v) is 3.56. The number of amides is 2. The predicted molar refractivity (Wildman–Crippen MR) is 73.3 cm³/mol. The zero-order chi connectivity index (χ0) is 14.7. The first-order valence-electron chi connectivity index (χ1n) is 6.58. The summed E-state index contributed by atoms with van der Waals surface area (Å²) in [5.74, 6) is 0.0489. The lowest BCUT2D eigenvalue weighted by Crippen LogP contribution is -2.47. The molecule has 1 heterocycles. The molecule has 1 saturated heterocycles. The summed E-state index contributed by atoms with van der Waals surface area (Å²) in [5, 5.41) is 12.4. The van der Waals surface area contributed by atoms with E-state index in [4.69, 9.17) is 4.74 Å². The molecule has 5 nitrogen and oxygen atoms in total. The van der Waals surface area contributed by atoms with E-state index >= 15 is 0 Å². The minimum atomic E-state index is -0.517. The Hall–Kier alpha value is -1.82. The molecule has 0 aliphatic carbocycles. The molecular formula is C14H19FN2O3. The number of hydrogen-bond acceptors (Lipinski definition) is 3. The number of aliphatic hydroxyl groups excluding tert-OH is 1. The average molecular weight is 282 g/mol. The van der Waals surface area contributed by atoms with E-state index < -0.39 is 11.9 Å². The van der Waals surface area contributed by atoms with Crippen LogP contribution in [0.25, 0.3) is 0 Å². The Morgan fingerprint density at radius 3 is 2.90 bits per heavy atom. The molecule has 0 saturated carbocycles. The van der Waals surface area contributed by atoms with E-state index in [0.29, 0.717) is 24.5 Å². The third-order valence-electron chi connectivity index (χ3n) is 3.56. The molecule has 2 rings (SSSR count). The summed E-state index contributed by atoms with van der Waals surface area (Å²) in [6.45, 7) is 2.83. The molecule has 2 unspecified atom stereocenters. The van der Waals surface area contributed by atoms with Crippen LogP contribution in [0.5, 0.6) is 5.75 Å². The molecule has 0 radical (unpaired) electrons. The van der Waals surface area contributed by atoms with Gasteiger partial charge in [0.1, 0.15) is 11.6 Å². The largest absolute Gasteiger partial charge is 0.497 e. The van der Waals surface area contributed by atoms with Crippen molar-refractivity contribution in [3.63, 3.8) is 0 Å². The number of rotatable bonds is 2. The molecule has 0 bridgehead atoms. The number of carbonyl (C=O) groups is 1. The van der Waals surface area contributed by atoms with Gasteiger partial charge >= 0.3 is 6.03 Å². The molecule has 6 heteroatoms. The molecule has 1 aromatic carbocycles. The molecule has 2 atom stereocenters. The normalized spacial score (nSPS) is 22.5. The van der Waals surface area contributed by atoms with E-state index in [9.17, 15) is 14.3 Å². The zero-order valence-corrected chi connectivity index (χ0v) is 11.6. The highest BCUT2D eigenvalue weighted by Crippen LogP contribution is 2.21. The second kappa shape index (κ2) is 6.09. The van der Waals surface area contributed by atoms with E-state index in [1.807, 2.05) is 6.92 Å². The van der Waals surface area contributed by atoms with E-state index in [1.54, 1.807) is 6.07 Å². The monoisotopic (exact) mass is 282 g/mol. The van der Waals surface area contributed by atoms with Crippen LogP contribution in [0, 0.1) is 11.7 Å². The number of methoxy groups -OCH3 is 1. The fourth-order valence-electron chi connectivity index (χ4n) is 2.19. The maximum Gasteiger partial charge on any atom is 0.321 e. The number of ether oxygens (including phenoxy) is 1. The topological polar surface area (TPSA) is 61.8 Å². The van der Waals surface area contributed by atoms with E-state index in [2.05, 4.69) is 5.32 Å². The summed E-state index contributed by atoms with van der Waals surface area (Å²) >= 11 is 0. The van der Waals surface area contributed by atoms with Crippen LogP contribution in [-0.4, -0.2) is 42.3 Å². The second-order valence-corrected chi connectivity index (χ2v) is 5.09. The Kier molecular flexibility index (Phi) is 4.44. The lowest BCUT2D eigenvalue weighted by atomic mass is 9.96. The number of halogens is 1. The standard InChI is InChI=1S/C14H19FN2O3/c1-9-3-4-17(8-13(9)18)14(19)16-11-5-10(15)6-12(7-11)20-2/h5-7,9,13,18H,3-4,8H2,1-2H3,(H,16,19). The van der Waals surface area contributed by atoms with Gasteiger partial charge in [-0.15, -0.1) is 0 Å². The lowest BCUT2D eigenvalue weighted by molar-refractivity contribution is 0.0464. The maximum atomic E-state index is 13.3. The number of carbonyl (C=O) groups excluding carboxylic acids is 1. The fourth-order valence-corrected chi connectivity index (χ4v) is 2.19. The molecule has 1 fully saturated rings. The molecule has 0 aromatic heterocycles. The zero-order valence-electron chi connectivity index (χ0n) is 11.6. The van der Waals surface area contributed by atoms with Gasteiger partial charge in [0.25, 0.3) is 0 Å². The van der Waals surface area contributed by atoms with Crippen molar-refractivity contribution in [2.24, 2.45) is 5.92 Å². The van der Waals surface area contributed by atoms with Gasteiger partial charge in [0.05, 0.1) is 13.2 Å². The van der Waals surface area contributed by atoms with Crippen molar-refractivity contribution in [2.45, 2.75) is 19.4 Å². The number of nitrogens with zero attached hydrogens (tertiary/aromatic N) is 1. The van der Waals surface area contributed by atoms with Crippen molar-refractivity contribution < 1.29 is 19.0 Å². The molecule has 2 N–H and O–H groups in total. The first-order chi connectivity index (χ1) is 9.49. The number of aliphatic hydroxyl groups is 1. The molecular weight excluding hydrogens is 263 g/mol. The average Bonchev–Trinajstić information content (AvgIpc) is 2.41. The maximum absolute atomic E-state index is 13.3. The molecule has 1 aliphatic heterocycles. The van der Waals surface area contributed by atoms with Gasteiger partial charge in [-0.1, -0.05) is 6.92 Å². The number of anilines is 1. The first-order valence-corrected chi connectivity index (χ1v) is 6.58. The van der Waals surface area contributed by atoms with Crippen molar-refractivity contribution in [1.82, 2.24) is 4.90 Å². The van der Waals surface area contributed by atoms with Crippen LogP contribution < -0.4 is 10.1 Å². The summed E-state index contributed by atoms with van der Waals surface area (Å²) in [6.07, 6.45) is 0.234. The molecule has 1 aliphatic rings. The number of hydrogen-bond donors (Lipinski definition) is 2. The molecule has 20 heavy (non-hydrogen) atoms. The van der Waals surface area contributed by atoms with Gasteiger partial charge in [-0.2, -0.15) is 0 Å². The lowest BCUT2D eigenvalue weighted by Gasteiger charge is -2.34. The van der Waals surface area contributed by atoms with Gasteiger partial charge in [-0.05, 0) is 18.4 Å². The van der Waals surface area contributed by atoms with Crippen LogP contribution in [0.1, 0.15) is 13.3 Å². The third kappa shape index (κ3) is 3.39. The summed E-state index contributed by atoms with van der Waals surface area (Å²) in [5.41, 5.74) is 0.333. The van der Waals surface area contributed by atoms with E-state index in [1.165, 1.54) is 24.1 Å². The van der Waals surface area contributed by atoms with E-state index in [-0.39, 0.29) is 11.9 Å². The second-order valence-electron chi connectivity index (χ2n) is 5.09. The predicted octanol–water partition coefficient (Wildman–Crippen LogP) is 2.07. The Morgan fingerprint density at radius 1 is 1.50 bits per heavy atom. The van der Waals surface area contributed by atoms with Crippen LogP contribution >= 0.6 is 0 Å². The van der Waals surface area contributed by atoms with Crippen molar-refractivity contribution in [3.8, 4) is 5.75 Å². The van der Waals surface area contributed by atoms with Gasteiger partial charge < -0.3 is 20.1 Å². The summed E-state index contributed by atoms with van der Waals surface area (Å²) in [4.78, 5) is 13.6. The SMILES string of the molecule is COc1cc(F)cc(NC(=O)N2CCC(C)C(O)C2)c1. The van der Waals surface area contributed by atoms with Crippen molar-refractivity contribution >= 4 is 11.7 Å². The Labute approximate surface area is 117 Å². The Bertz CT molecular complexity index is 495. The summed E-state index contributed by atoms with van der Waals surface area (Å²) < 4.78 is 18.3. The van der Waals surface area contributed by atoms with E-state index in [0.717, 1.165) is 6.42 Å². The summed E-state index contributed by atoms with van der Waals surface area (Å²) in [7, 11) is 1.43. The molecule has 110 valence electrons. The van der Waals surface area contributed by atoms with Gasteiger partial charge in [-0.25, -0.2) is 9.18 Å².